The number of benzene rings is 1. The van der Waals surface area contributed by atoms with Gasteiger partial charge in [0.05, 0.1) is 32.9 Å². The van der Waals surface area contributed by atoms with Gasteiger partial charge in [-0.1, -0.05) is 0 Å². The molecule has 1 aromatic carbocycles. The summed E-state index contributed by atoms with van der Waals surface area (Å²) in [6.45, 7) is 2.42. The third-order valence-corrected chi connectivity index (χ3v) is 3.39. The molecule has 0 bridgehead atoms. The van der Waals surface area contributed by atoms with Crippen LogP contribution in [-0.4, -0.2) is 31.8 Å². The van der Waals surface area contributed by atoms with Gasteiger partial charge < -0.3 is 19.9 Å². The average Bonchev–Trinajstić information content (AvgIpc) is 2.54. The molecule has 1 heterocycles. The maximum atomic E-state index is 11.8. The number of methoxy groups -OCH3 is 2. The highest BCUT2D eigenvalue weighted by Gasteiger charge is 2.15. The van der Waals surface area contributed by atoms with Gasteiger partial charge in [-0.2, -0.15) is 0 Å². The zero-order chi connectivity index (χ0) is 16.1. The third-order valence-electron chi connectivity index (χ3n) is 3.39. The molecule has 2 N–H and O–H groups in total. The quantitative estimate of drug-likeness (QED) is 0.812. The first kappa shape index (κ1) is 19.0. The standard InChI is InChI=1S/C16H20N2O4.ClH/c1-4-22-16(19)5-10-9-18-13(8-17)12-7-15(21-3)14(20-2)6-11(10)12;/h6-7,9H,4-5,8,17H2,1-3H3;1H. The smallest absolute Gasteiger partial charge is 0.310 e. The molecule has 2 rings (SSSR count). The highest BCUT2D eigenvalue weighted by Crippen LogP contribution is 2.34. The second kappa shape index (κ2) is 8.55. The van der Waals surface area contributed by atoms with Gasteiger partial charge in [0.1, 0.15) is 0 Å². The van der Waals surface area contributed by atoms with Crippen molar-refractivity contribution >= 4 is 29.1 Å². The van der Waals surface area contributed by atoms with E-state index in [1.807, 2.05) is 12.1 Å². The van der Waals surface area contributed by atoms with Crippen LogP contribution in [0, 0.1) is 0 Å². The van der Waals surface area contributed by atoms with Crippen molar-refractivity contribution in [3.8, 4) is 11.5 Å². The Morgan fingerprint density at radius 3 is 2.30 bits per heavy atom. The number of hydrogen-bond donors (Lipinski definition) is 1. The topological polar surface area (TPSA) is 83.7 Å². The molecule has 0 unspecified atom stereocenters. The molecule has 6 nitrogen and oxygen atoms in total. The van der Waals surface area contributed by atoms with Crippen LogP contribution in [0.2, 0.25) is 0 Å². The number of esters is 1. The van der Waals surface area contributed by atoms with E-state index in [-0.39, 0.29) is 24.8 Å². The highest BCUT2D eigenvalue weighted by atomic mass is 35.5. The van der Waals surface area contributed by atoms with Crippen LogP contribution in [0.1, 0.15) is 18.2 Å². The molecule has 7 heteroatoms. The van der Waals surface area contributed by atoms with Gasteiger partial charge >= 0.3 is 5.97 Å². The summed E-state index contributed by atoms with van der Waals surface area (Å²) in [4.78, 5) is 16.1. The molecule has 1 aromatic heterocycles. The minimum Gasteiger partial charge on any atom is -0.493 e. The van der Waals surface area contributed by atoms with Crippen molar-refractivity contribution in [1.29, 1.82) is 0 Å². The Morgan fingerprint density at radius 1 is 1.17 bits per heavy atom. The summed E-state index contributed by atoms with van der Waals surface area (Å²) in [6, 6.07) is 3.67. The van der Waals surface area contributed by atoms with Crippen LogP contribution in [-0.2, 0) is 22.5 Å². The lowest BCUT2D eigenvalue weighted by atomic mass is 10.0. The maximum absolute atomic E-state index is 11.8. The summed E-state index contributed by atoms with van der Waals surface area (Å²) in [5.41, 5.74) is 7.26. The van der Waals surface area contributed by atoms with Crippen LogP contribution in [0.4, 0.5) is 0 Å². The van der Waals surface area contributed by atoms with Crippen LogP contribution < -0.4 is 15.2 Å². The Morgan fingerprint density at radius 2 is 1.78 bits per heavy atom. The number of rotatable bonds is 6. The lowest BCUT2D eigenvalue weighted by Gasteiger charge is -2.13. The predicted molar refractivity (Wildman–Crippen MR) is 90.3 cm³/mol. The zero-order valence-corrected chi connectivity index (χ0v) is 14.2. The number of halogens is 1. The van der Waals surface area contributed by atoms with Crippen LogP contribution >= 0.6 is 12.4 Å². The van der Waals surface area contributed by atoms with Crippen LogP contribution in [0.25, 0.3) is 10.8 Å². The average molecular weight is 341 g/mol. The molecule has 0 saturated carbocycles. The Balaban J connectivity index is 0.00000264. The van der Waals surface area contributed by atoms with Crippen molar-refractivity contribution in [2.24, 2.45) is 5.73 Å². The molecule has 0 spiro atoms. The van der Waals surface area contributed by atoms with Gasteiger partial charge in [-0.15, -0.1) is 12.4 Å². The third kappa shape index (κ3) is 4.03. The summed E-state index contributed by atoms with van der Waals surface area (Å²) >= 11 is 0. The molecule has 0 aliphatic carbocycles. The lowest BCUT2D eigenvalue weighted by molar-refractivity contribution is -0.142. The summed E-state index contributed by atoms with van der Waals surface area (Å²) in [5.74, 6) is 0.898. The number of carbonyl (C=O) groups is 1. The van der Waals surface area contributed by atoms with Crippen LogP contribution in [0.5, 0.6) is 11.5 Å². The van der Waals surface area contributed by atoms with Crippen molar-refractivity contribution in [1.82, 2.24) is 4.98 Å². The van der Waals surface area contributed by atoms with Gasteiger partial charge in [-0.25, -0.2) is 0 Å². The predicted octanol–water partition coefficient (Wildman–Crippen LogP) is 2.24. The van der Waals surface area contributed by atoms with Crippen molar-refractivity contribution in [3.05, 3.63) is 29.6 Å². The second-order valence-corrected chi connectivity index (χ2v) is 4.67. The number of carbonyl (C=O) groups excluding carboxylic acids is 1. The molecule has 0 fully saturated rings. The number of nitrogens with zero attached hydrogens (tertiary/aromatic N) is 1. The number of ether oxygens (including phenoxy) is 3. The fraction of sp³-hybridized carbons (Fsp3) is 0.375. The zero-order valence-electron chi connectivity index (χ0n) is 13.4. The van der Waals surface area contributed by atoms with E-state index in [1.165, 1.54) is 0 Å². The summed E-state index contributed by atoms with van der Waals surface area (Å²) in [7, 11) is 3.14. The van der Waals surface area contributed by atoms with Crippen molar-refractivity contribution in [2.75, 3.05) is 20.8 Å². The van der Waals surface area contributed by atoms with Gasteiger partial charge in [0.2, 0.25) is 0 Å². The van der Waals surface area contributed by atoms with E-state index in [4.69, 9.17) is 19.9 Å². The molecule has 0 amide bonds. The van der Waals surface area contributed by atoms with E-state index in [2.05, 4.69) is 4.98 Å². The molecule has 126 valence electrons. The van der Waals surface area contributed by atoms with Crippen LogP contribution in [0.15, 0.2) is 18.3 Å². The van der Waals surface area contributed by atoms with Gasteiger partial charge in [0, 0.05) is 18.1 Å². The van der Waals surface area contributed by atoms with Gasteiger partial charge in [-0.05, 0) is 30.0 Å². The van der Waals surface area contributed by atoms with Crippen molar-refractivity contribution < 1.29 is 19.0 Å². The number of pyridine rings is 1. The van der Waals surface area contributed by atoms with Crippen LogP contribution in [0.3, 0.4) is 0 Å². The number of hydrogen-bond acceptors (Lipinski definition) is 6. The largest absolute Gasteiger partial charge is 0.493 e. The summed E-state index contributed by atoms with van der Waals surface area (Å²) in [5, 5.41) is 1.71. The molecule has 0 aliphatic heterocycles. The lowest BCUT2D eigenvalue weighted by Crippen LogP contribution is -2.09. The summed E-state index contributed by atoms with van der Waals surface area (Å²) < 4.78 is 15.7. The van der Waals surface area contributed by atoms with Gasteiger partial charge in [0.15, 0.2) is 11.5 Å². The normalized spacial score (nSPS) is 10.1. The fourth-order valence-corrected chi connectivity index (χ4v) is 2.35. The molecule has 23 heavy (non-hydrogen) atoms. The Kier molecular flexibility index (Phi) is 7.06. The van der Waals surface area contributed by atoms with E-state index in [9.17, 15) is 4.79 Å². The SMILES string of the molecule is CCOC(=O)Cc1cnc(CN)c2cc(OC)c(OC)cc12.Cl. The minimum atomic E-state index is -0.291. The molecule has 0 saturated heterocycles. The fourth-order valence-electron chi connectivity index (χ4n) is 2.35. The first-order valence-corrected chi connectivity index (χ1v) is 7.02. The minimum absolute atomic E-state index is 0. The highest BCUT2D eigenvalue weighted by molar-refractivity contribution is 5.92. The maximum Gasteiger partial charge on any atom is 0.310 e. The monoisotopic (exact) mass is 340 g/mol. The Bertz CT molecular complexity index is 691. The molecular formula is C16H21ClN2O4. The molecule has 0 aliphatic rings. The summed E-state index contributed by atoms with van der Waals surface area (Å²) in [6.07, 6.45) is 1.81. The van der Waals surface area contributed by atoms with Gasteiger partial charge in [0.25, 0.3) is 0 Å². The molecule has 2 aromatic rings. The number of fused-ring (bicyclic) bond motifs is 1. The van der Waals surface area contributed by atoms with Crippen molar-refractivity contribution in [2.45, 2.75) is 19.9 Å². The van der Waals surface area contributed by atoms with Gasteiger partial charge in [-0.3, -0.25) is 9.78 Å². The van der Waals surface area contributed by atoms with E-state index in [0.29, 0.717) is 24.7 Å². The van der Waals surface area contributed by atoms with E-state index < -0.39 is 0 Å². The number of aromatic nitrogens is 1. The second-order valence-electron chi connectivity index (χ2n) is 4.67. The first-order valence-electron chi connectivity index (χ1n) is 7.02. The number of nitrogens with two attached hydrogens (primary N) is 1. The Hall–Kier alpha value is -2.05. The van der Waals surface area contributed by atoms with E-state index >= 15 is 0 Å². The van der Waals surface area contributed by atoms with E-state index in [0.717, 1.165) is 22.0 Å². The molecular weight excluding hydrogens is 320 g/mol. The first-order chi connectivity index (χ1) is 10.6. The Labute approximate surface area is 141 Å². The molecule has 0 radical (unpaired) electrons. The van der Waals surface area contributed by atoms with Crippen molar-refractivity contribution in [3.63, 3.8) is 0 Å². The van der Waals surface area contributed by atoms with E-state index in [1.54, 1.807) is 27.3 Å². The molecule has 0 atom stereocenters.